The Morgan fingerprint density at radius 2 is 1.95 bits per heavy atom. The second kappa shape index (κ2) is 9.39. The lowest BCUT2D eigenvalue weighted by Gasteiger charge is -2.11. The van der Waals surface area contributed by atoms with Gasteiger partial charge in [0, 0.05) is 30.0 Å². The topological polar surface area (TPSA) is 66.4 Å². The predicted octanol–water partition coefficient (Wildman–Crippen LogP) is 2.93. The van der Waals surface area contributed by atoms with E-state index in [1.165, 1.54) is 23.9 Å². The highest BCUT2D eigenvalue weighted by Gasteiger charge is 2.08. The number of carboxylic acids is 1. The lowest BCUT2D eigenvalue weighted by atomic mass is 10.1. The van der Waals surface area contributed by atoms with Gasteiger partial charge in [-0.1, -0.05) is 6.92 Å². The molecule has 0 aliphatic carbocycles. The Hall–Kier alpha value is -1.56. The zero-order valence-electron chi connectivity index (χ0n) is 12.0. The van der Waals surface area contributed by atoms with Crippen molar-refractivity contribution in [2.24, 2.45) is 5.92 Å². The van der Waals surface area contributed by atoms with Crippen LogP contribution in [0.15, 0.2) is 29.2 Å². The van der Waals surface area contributed by atoms with Gasteiger partial charge >= 0.3 is 5.97 Å². The molecular formula is C15H20FNO3S. The van der Waals surface area contributed by atoms with Crippen molar-refractivity contribution in [3.8, 4) is 0 Å². The van der Waals surface area contributed by atoms with Crippen molar-refractivity contribution < 1.29 is 19.1 Å². The number of benzene rings is 1. The van der Waals surface area contributed by atoms with E-state index in [0.29, 0.717) is 25.1 Å². The average molecular weight is 313 g/mol. The minimum atomic E-state index is -0.816. The van der Waals surface area contributed by atoms with Crippen LogP contribution in [0.2, 0.25) is 0 Å². The summed E-state index contributed by atoms with van der Waals surface area (Å²) in [6, 6.07) is 6.16. The van der Waals surface area contributed by atoms with Gasteiger partial charge in [-0.05, 0) is 36.6 Å². The van der Waals surface area contributed by atoms with Gasteiger partial charge in [0.05, 0.1) is 0 Å². The number of thioether (sulfide) groups is 1. The van der Waals surface area contributed by atoms with E-state index >= 15 is 0 Å². The van der Waals surface area contributed by atoms with E-state index in [4.69, 9.17) is 5.11 Å². The summed E-state index contributed by atoms with van der Waals surface area (Å²) in [6.07, 6.45) is 1.06. The fourth-order valence-corrected chi connectivity index (χ4v) is 2.49. The van der Waals surface area contributed by atoms with E-state index in [9.17, 15) is 14.0 Å². The fourth-order valence-electron chi connectivity index (χ4n) is 1.64. The lowest BCUT2D eigenvalue weighted by molar-refractivity contribution is -0.137. The van der Waals surface area contributed by atoms with E-state index in [1.807, 2.05) is 6.92 Å². The number of aliphatic carboxylic acids is 1. The van der Waals surface area contributed by atoms with Crippen molar-refractivity contribution in [3.63, 3.8) is 0 Å². The Bertz CT molecular complexity index is 464. The molecule has 1 atom stereocenters. The third-order valence-corrected chi connectivity index (χ3v) is 3.92. The van der Waals surface area contributed by atoms with Crippen LogP contribution < -0.4 is 5.32 Å². The van der Waals surface area contributed by atoms with Crippen molar-refractivity contribution in [2.45, 2.75) is 31.1 Å². The first-order valence-electron chi connectivity index (χ1n) is 6.84. The molecular weight excluding hydrogens is 293 g/mol. The van der Waals surface area contributed by atoms with E-state index < -0.39 is 5.97 Å². The maximum atomic E-state index is 12.7. The van der Waals surface area contributed by atoms with Crippen LogP contribution in [0, 0.1) is 11.7 Å². The van der Waals surface area contributed by atoms with Crippen molar-refractivity contribution in [1.82, 2.24) is 5.32 Å². The van der Waals surface area contributed by atoms with E-state index in [1.54, 1.807) is 12.1 Å². The molecule has 0 saturated carbocycles. The SMILES string of the molecule is CC(CCC(=O)O)CNC(=O)CCSc1ccc(F)cc1. The molecule has 0 bridgehead atoms. The molecule has 0 fully saturated rings. The van der Waals surface area contributed by atoms with Crippen molar-refractivity contribution in [3.05, 3.63) is 30.1 Å². The predicted molar refractivity (Wildman–Crippen MR) is 80.8 cm³/mol. The molecule has 21 heavy (non-hydrogen) atoms. The third-order valence-electron chi connectivity index (χ3n) is 2.91. The molecule has 6 heteroatoms. The first-order chi connectivity index (χ1) is 9.97. The number of hydrogen-bond donors (Lipinski definition) is 2. The van der Waals surface area contributed by atoms with E-state index in [-0.39, 0.29) is 24.1 Å². The molecule has 116 valence electrons. The van der Waals surface area contributed by atoms with Crippen LogP contribution in [0.3, 0.4) is 0 Å². The third kappa shape index (κ3) is 8.34. The monoisotopic (exact) mass is 313 g/mol. The minimum Gasteiger partial charge on any atom is -0.481 e. The first-order valence-corrected chi connectivity index (χ1v) is 7.83. The molecule has 0 saturated heterocycles. The molecule has 1 rings (SSSR count). The Labute approximate surface area is 128 Å². The number of halogens is 1. The van der Waals surface area contributed by atoms with Crippen molar-refractivity contribution in [2.75, 3.05) is 12.3 Å². The van der Waals surface area contributed by atoms with Crippen molar-refractivity contribution >= 4 is 23.6 Å². The summed E-state index contributed by atoms with van der Waals surface area (Å²) in [5.74, 6) is -0.362. The number of nitrogens with one attached hydrogen (secondary N) is 1. The first kappa shape index (κ1) is 17.5. The number of amides is 1. The van der Waals surface area contributed by atoms with Crippen LogP contribution in [0.5, 0.6) is 0 Å². The van der Waals surface area contributed by atoms with Gasteiger partial charge in [-0.3, -0.25) is 9.59 Å². The van der Waals surface area contributed by atoms with Gasteiger partial charge in [-0.2, -0.15) is 0 Å². The standard InChI is InChI=1S/C15H20FNO3S/c1-11(2-7-15(19)20)10-17-14(18)8-9-21-13-5-3-12(16)4-6-13/h3-6,11H,2,7-10H2,1H3,(H,17,18)(H,19,20). The van der Waals surface area contributed by atoms with Gasteiger partial charge in [0.1, 0.15) is 5.82 Å². The van der Waals surface area contributed by atoms with E-state index in [0.717, 1.165) is 4.90 Å². The summed E-state index contributed by atoms with van der Waals surface area (Å²) in [7, 11) is 0. The highest BCUT2D eigenvalue weighted by atomic mass is 32.2. The average Bonchev–Trinajstić information content (AvgIpc) is 2.45. The molecule has 0 aliphatic rings. The highest BCUT2D eigenvalue weighted by Crippen LogP contribution is 2.18. The Morgan fingerprint density at radius 3 is 2.57 bits per heavy atom. The van der Waals surface area contributed by atoms with Crippen molar-refractivity contribution in [1.29, 1.82) is 0 Å². The number of carbonyl (C=O) groups is 2. The molecule has 4 nitrogen and oxygen atoms in total. The zero-order valence-corrected chi connectivity index (χ0v) is 12.8. The summed E-state index contributed by atoms with van der Waals surface area (Å²) >= 11 is 1.50. The van der Waals surface area contributed by atoms with Crippen LogP contribution in [0.1, 0.15) is 26.2 Å². The molecule has 0 radical (unpaired) electrons. The Kier molecular flexibility index (Phi) is 7.82. The fraction of sp³-hybridized carbons (Fsp3) is 0.467. The van der Waals surface area contributed by atoms with Gasteiger partial charge in [0.2, 0.25) is 5.91 Å². The Morgan fingerprint density at radius 1 is 1.29 bits per heavy atom. The quantitative estimate of drug-likeness (QED) is 0.688. The lowest BCUT2D eigenvalue weighted by Crippen LogP contribution is -2.28. The normalized spacial score (nSPS) is 11.9. The van der Waals surface area contributed by atoms with Crippen LogP contribution in [0.4, 0.5) is 4.39 Å². The minimum absolute atomic E-state index is 0.0493. The molecule has 1 aromatic rings. The van der Waals surface area contributed by atoms with Gasteiger partial charge in [0.15, 0.2) is 0 Å². The maximum absolute atomic E-state index is 12.7. The highest BCUT2D eigenvalue weighted by molar-refractivity contribution is 7.99. The van der Waals surface area contributed by atoms with Gasteiger partial charge in [-0.15, -0.1) is 11.8 Å². The number of hydrogen-bond acceptors (Lipinski definition) is 3. The summed E-state index contributed by atoms with van der Waals surface area (Å²) in [6.45, 7) is 2.41. The number of carboxylic acid groups (broad SMARTS) is 1. The maximum Gasteiger partial charge on any atom is 0.303 e. The molecule has 1 unspecified atom stereocenters. The van der Waals surface area contributed by atoms with Gasteiger partial charge in [0.25, 0.3) is 0 Å². The van der Waals surface area contributed by atoms with E-state index in [2.05, 4.69) is 5.32 Å². The molecule has 0 spiro atoms. The molecule has 0 aromatic heterocycles. The number of rotatable bonds is 9. The van der Waals surface area contributed by atoms with Crippen LogP contribution in [-0.4, -0.2) is 29.3 Å². The molecule has 1 aromatic carbocycles. The second-order valence-corrected chi connectivity index (χ2v) is 6.06. The number of carbonyl (C=O) groups excluding carboxylic acids is 1. The van der Waals surface area contributed by atoms with Crippen LogP contribution in [-0.2, 0) is 9.59 Å². The summed E-state index contributed by atoms with van der Waals surface area (Å²) in [5.41, 5.74) is 0. The smallest absolute Gasteiger partial charge is 0.303 e. The van der Waals surface area contributed by atoms with Gasteiger partial charge in [-0.25, -0.2) is 4.39 Å². The van der Waals surface area contributed by atoms with Gasteiger partial charge < -0.3 is 10.4 Å². The second-order valence-electron chi connectivity index (χ2n) is 4.89. The van der Waals surface area contributed by atoms with Crippen LogP contribution >= 0.6 is 11.8 Å². The molecule has 2 N–H and O–H groups in total. The molecule has 0 heterocycles. The largest absolute Gasteiger partial charge is 0.481 e. The summed E-state index contributed by atoms with van der Waals surface area (Å²) in [4.78, 5) is 23.0. The molecule has 0 aliphatic heterocycles. The zero-order chi connectivity index (χ0) is 15.7. The summed E-state index contributed by atoms with van der Waals surface area (Å²) in [5, 5.41) is 11.4. The van der Waals surface area contributed by atoms with Crippen LogP contribution in [0.25, 0.3) is 0 Å². The molecule has 1 amide bonds. The summed E-state index contributed by atoms with van der Waals surface area (Å²) < 4.78 is 12.7. The Balaban J connectivity index is 2.13.